The maximum Gasteiger partial charge on any atom is 0.341 e. The van der Waals surface area contributed by atoms with E-state index < -0.39 is 5.97 Å². The molecule has 7 heteroatoms. The number of ether oxygens (including phenoxy) is 1. The first-order valence-electron chi connectivity index (χ1n) is 8.35. The molecule has 26 heavy (non-hydrogen) atoms. The van der Waals surface area contributed by atoms with E-state index in [9.17, 15) is 14.4 Å². The number of esters is 1. The lowest BCUT2D eigenvalue weighted by atomic mass is 10.1. The van der Waals surface area contributed by atoms with Crippen molar-refractivity contribution < 1.29 is 19.1 Å². The molecule has 0 aliphatic heterocycles. The van der Waals surface area contributed by atoms with Crippen LogP contribution >= 0.6 is 11.3 Å². The normalized spacial score (nSPS) is 10.3. The summed E-state index contributed by atoms with van der Waals surface area (Å²) in [6.45, 7) is 7.32. The number of hydrogen-bond donors (Lipinski definition) is 2. The van der Waals surface area contributed by atoms with Gasteiger partial charge in [0, 0.05) is 23.1 Å². The van der Waals surface area contributed by atoms with Gasteiger partial charge in [0.1, 0.15) is 5.00 Å². The van der Waals surface area contributed by atoms with E-state index in [1.807, 2.05) is 13.8 Å². The molecular weight excluding hydrogens is 352 g/mol. The van der Waals surface area contributed by atoms with Crippen LogP contribution in [0.3, 0.4) is 0 Å². The van der Waals surface area contributed by atoms with Crippen molar-refractivity contribution in [3.05, 3.63) is 45.8 Å². The van der Waals surface area contributed by atoms with Gasteiger partial charge in [0.25, 0.3) is 5.91 Å². The lowest BCUT2D eigenvalue weighted by molar-refractivity contribution is -0.114. The van der Waals surface area contributed by atoms with Crippen LogP contribution in [0.15, 0.2) is 24.3 Å². The van der Waals surface area contributed by atoms with E-state index in [2.05, 4.69) is 10.6 Å². The van der Waals surface area contributed by atoms with E-state index in [-0.39, 0.29) is 18.4 Å². The molecule has 0 unspecified atom stereocenters. The number of anilines is 2. The van der Waals surface area contributed by atoms with Crippen molar-refractivity contribution in [2.45, 2.75) is 34.1 Å². The van der Waals surface area contributed by atoms with E-state index in [0.29, 0.717) is 28.2 Å². The zero-order chi connectivity index (χ0) is 19.3. The number of carbonyl (C=O) groups is 3. The zero-order valence-electron chi connectivity index (χ0n) is 15.3. The number of benzene rings is 1. The van der Waals surface area contributed by atoms with Gasteiger partial charge in [-0.05, 0) is 50.1 Å². The molecule has 0 saturated carbocycles. The second-order valence-corrected chi connectivity index (χ2v) is 6.85. The van der Waals surface area contributed by atoms with Crippen molar-refractivity contribution in [2.24, 2.45) is 0 Å². The highest BCUT2D eigenvalue weighted by Gasteiger charge is 2.23. The molecule has 0 spiro atoms. The van der Waals surface area contributed by atoms with Crippen molar-refractivity contribution in [2.75, 3.05) is 17.2 Å². The molecule has 0 saturated heterocycles. The summed E-state index contributed by atoms with van der Waals surface area (Å²) in [5.41, 5.74) is 2.37. The van der Waals surface area contributed by atoms with Crippen LogP contribution in [0.25, 0.3) is 0 Å². The Morgan fingerprint density at radius 1 is 1.08 bits per heavy atom. The predicted molar refractivity (Wildman–Crippen MR) is 103 cm³/mol. The molecule has 2 N–H and O–H groups in total. The van der Waals surface area contributed by atoms with Gasteiger partial charge in [-0.3, -0.25) is 9.59 Å². The Labute approximate surface area is 156 Å². The lowest BCUT2D eigenvalue weighted by Gasteiger charge is -2.08. The SMILES string of the molecule is CCOC(=O)c1c(NC(=O)c2ccc(NC(C)=O)cc2)sc(C)c1CC. The van der Waals surface area contributed by atoms with Gasteiger partial charge in [-0.25, -0.2) is 4.79 Å². The third-order valence-electron chi connectivity index (χ3n) is 3.74. The summed E-state index contributed by atoms with van der Waals surface area (Å²) in [7, 11) is 0. The lowest BCUT2D eigenvalue weighted by Crippen LogP contribution is -2.15. The number of aryl methyl sites for hydroxylation is 1. The third-order valence-corrected chi connectivity index (χ3v) is 4.80. The fourth-order valence-corrected chi connectivity index (χ4v) is 3.72. The molecule has 2 aromatic rings. The van der Waals surface area contributed by atoms with E-state index in [0.717, 1.165) is 10.4 Å². The van der Waals surface area contributed by atoms with Crippen molar-refractivity contribution in [3.8, 4) is 0 Å². The molecule has 1 aromatic carbocycles. The van der Waals surface area contributed by atoms with Gasteiger partial charge in [0.2, 0.25) is 5.91 Å². The van der Waals surface area contributed by atoms with Crippen LogP contribution in [0.2, 0.25) is 0 Å². The largest absolute Gasteiger partial charge is 0.462 e. The number of amides is 2. The number of thiophene rings is 1. The van der Waals surface area contributed by atoms with Gasteiger partial charge >= 0.3 is 5.97 Å². The summed E-state index contributed by atoms with van der Waals surface area (Å²) >= 11 is 1.36. The topological polar surface area (TPSA) is 84.5 Å². The maximum absolute atomic E-state index is 12.5. The summed E-state index contributed by atoms with van der Waals surface area (Å²) in [6, 6.07) is 6.54. The first-order chi connectivity index (χ1) is 12.4. The fraction of sp³-hybridized carbons (Fsp3) is 0.316. The van der Waals surface area contributed by atoms with Crippen LogP contribution in [0.5, 0.6) is 0 Å². The van der Waals surface area contributed by atoms with Gasteiger partial charge in [0.15, 0.2) is 0 Å². The van der Waals surface area contributed by atoms with Crippen molar-refractivity contribution in [3.63, 3.8) is 0 Å². The van der Waals surface area contributed by atoms with Crippen LogP contribution in [0.1, 0.15) is 51.9 Å². The monoisotopic (exact) mass is 374 g/mol. The Morgan fingerprint density at radius 3 is 2.27 bits per heavy atom. The minimum atomic E-state index is -0.426. The summed E-state index contributed by atoms with van der Waals surface area (Å²) in [6.07, 6.45) is 0.678. The third kappa shape index (κ3) is 4.49. The zero-order valence-corrected chi connectivity index (χ0v) is 16.1. The molecule has 0 aliphatic carbocycles. The molecule has 0 radical (unpaired) electrons. The number of nitrogens with one attached hydrogen (secondary N) is 2. The van der Waals surface area contributed by atoms with Gasteiger partial charge in [-0.2, -0.15) is 0 Å². The summed E-state index contributed by atoms with van der Waals surface area (Å²) in [5, 5.41) is 5.95. The van der Waals surface area contributed by atoms with Gasteiger partial charge < -0.3 is 15.4 Å². The second kappa shape index (κ2) is 8.62. The van der Waals surface area contributed by atoms with Crippen LogP contribution in [0.4, 0.5) is 10.7 Å². The van der Waals surface area contributed by atoms with Crippen LogP contribution in [-0.2, 0) is 16.0 Å². The summed E-state index contributed by atoms with van der Waals surface area (Å²) in [4.78, 5) is 36.9. The molecule has 138 valence electrons. The first kappa shape index (κ1) is 19.7. The molecule has 2 rings (SSSR count). The Kier molecular flexibility index (Phi) is 6.52. The Balaban J connectivity index is 2.25. The van der Waals surface area contributed by atoms with Crippen LogP contribution in [-0.4, -0.2) is 24.4 Å². The highest BCUT2D eigenvalue weighted by atomic mass is 32.1. The Morgan fingerprint density at radius 2 is 1.73 bits per heavy atom. The Bertz CT molecular complexity index is 825. The molecule has 0 aliphatic rings. The number of hydrogen-bond acceptors (Lipinski definition) is 5. The van der Waals surface area contributed by atoms with Gasteiger partial charge in [-0.15, -0.1) is 11.3 Å². The predicted octanol–water partition coefficient (Wildman–Crippen LogP) is 4.01. The first-order valence-corrected chi connectivity index (χ1v) is 9.17. The molecule has 0 atom stereocenters. The van der Waals surface area contributed by atoms with E-state index in [1.165, 1.54) is 18.3 Å². The maximum atomic E-state index is 12.5. The molecule has 6 nitrogen and oxygen atoms in total. The minimum absolute atomic E-state index is 0.178. The van der Waals surface area contributed by atoms with E-state index >= 15 is 0 Å². The summed E-state index contributed by atoms with van der Waals surface area (Å²) in [5.74, 6) is -0.929. The highest BCUT2D eigenvalue weighted by Crippen LogP contribution is 2.34. The van der Waals surface area contributed by atoms with Gasteiger partial charge in [0.05, 0.1) is 12.2 Å². The smallest absolute Gasteiger partial charge is 0.341 e. The summed E-state index contributed by atoms with van der Waals surface area (Å²) < 4.78 is 5.14. The minimum Gasteiger partial charge on any atom is -0.462 e. The van der Waals surface area contributed by atoms with Crippen LogP contribution in [0, 0.1) is 6.92 Å². The molecule has 0 fully saturated rings. The quantitative estimate of drug-likeness (QED) is 0.748. The van der Waals surface area contributed by atoms with E-state index in [4.69, 9.17) is 4.74 Å². The highest BCUT2D eigenvalue weighted by molar-refractivity contribution is 7.16. The van der Waals surface area contributed by atoms with Gasteiger partial charge in [-0.1, -0.05) is 6.92 Å². The molecule has 0 bridgehead atoms. The molecule has 1 heterocycles. The standard InChI is InChI=1S/C19H22N2O4S/c1-5-15-11(3)26-18(16(15)19(24)25-6-2)21-17(23)13-7-9-14(10-8-13)20-12(4)22/h7-10H,5-6H2,1-4H3,(H,20,22)(H,21,23). The van der Waals surface area contributed by atoms with Crippen molar-refractivity contribution >= 4 is 39.8 Å². The molecular formula is C19H22N2O4S. The fourth-order valence-electron chi connectivity index (χ4n) is 2.60. The average molecular weight is 374 g/mol. The Hall–Kier alpha value is -2.67. The van der Waals surface area contributed by atoms with Crippen LogP contribution < -0.4 is 10.6 Å². The number of carbonyl (C=O) groups excluding carboxylic acids is 3. The van der Waals surface area contributed by atoms with Crippen molar-refractivity contribution in [1.29, 1.82) is 0 Å². The van der Waals surface area contributed by atoms with E-state index in [1.54, 1.807) is 31.2 Å². The molecule has 1 aromatic heterocycles. The number of rotatable bonds is 6. The van der Waals surface area contributed by atoms with Crippen molar-refractivity contribution in [1.82, 2.24) is 0 Å². The average Bonchev–Trinajstić information content (AvgIpc) is 2.90. The molecule has 2 amide bonds. The second-order valence-electron chi connectivity index (χ2n) is 5.63.